The molecular formula is C8H17N3O4S. The van der Waals surface area contributed by atoms with E-state index >= 15 is 0 Å². The summed E-state index contributed by atoms with van der Waals surface area (Å²) in [4.78, 5) is 11.1. The number of nitrogens with zero attached hydrogens (tertiary/aromatic N) is 1. The number of carbonyl (C=O) groups excluding carboxylic acids is 1. The van der Waals surface area contributed by atoms with Gasteiger partial charge in [0.25, 0.3) is 10.2 Å². The smallest absolute Gasteiger partial charge is 0.323 e. The average molecular weight is 251 g/mol. The minimum Gasteiger partial charge on any atom is -0.468 e. The number of hydrogen-bond donors (Lipinski definition) is 2. The normalized spacial score (nSPS) is 20.4. The quantitative estimate of drug-likeness (QED) is 0.581. The van der Waals surface area contributed by atoms with Crippen LogP contribution in [0, 0.1) is 0 Å². The van der Waals surface area contributed by atoms with Crippen molar-refractivity contribution in [3.05, 3.63) is 0 Å². The van der Waals surface area contributed by atoms with Crippen molar-refractivity contribution in [3.8, 4) is 0 Å². The fraction of sp³-hybridized carbons (Fsp3) is 0.875. The lowest BCUT2D eigenvalue weighted by atomic mass is 10.4. The molecule has 0 aromatic carbocycles. The van der Waals surface area contributed by atoms with Gasteiger partial charge in [-0.05, 0) is 6.92 Å². The van der Waals surface area contributed by atoms with Crippen LogP contribution in [0.3, 0.4) is 0 Å². The van der Waals surface area contributed by atoms with Gasteiger partial charge >= 0.3 is 5.97 Å². The zero-order valence-corrected chi connectivity index (χ0v) is 10.2. The van der Waals surface area contributed by atoms with Crippen LogP contribution < -0.4 is 10.0 Å². The maximum absolute atomic E-state index is 11.8. The van der Waals surface area contributed by atoms with E-state index in [9.17, 15) is 13.2 Å². The lowest BCUT2D eigenvalue weighted by molar-refractivity contribution is -0.142. The Kier molecular flexibility index (Phi) is 4.66. The third-order valence-electron chi connectivity index (χ3n) is 2.30. The molecule has 1 heterocycles. The number of piperazine rings is 1. The van der Waals surface area contributed by atoms with Crippen LogP contribution in [0.4, 0.5) is 0 Å². The van der Waals surface area contributed by atoms with E-state index in [1.807, 2.05) is 0 Å². The fourth-order valence-corrected chi connectivity index (χ4v) is 2.76. The Hall–Kier alpha value is -0.700. The van der Waals surface area contributed by atoms with Crippen molar-refractivity contribution in [2.24, 2.45) is 0 Å². The van der Waals surface area contributed by atoms with Crippen molar-refractivity contribution in [3.63, 3.8) is 0 Å². The van der Waals surface area contributed by atoms with Crippen LogP contribution in [0.25, 0.3) is 0 Å². The van der Waals surface area contributed by atoms with E-state index < -0.39 is 22.2 Å². The van der Waals surface area contributed by atoms with Gasteiger partial charge < -0.3 is 10.1 Å². The van der Waals surface area contributed by atoms with E-state index in [-0.39, 0.29) is 0 Å². The molecule has 8 heteroatoms. The molecule has 1 aliphatic heterocycles. The van der Waals surface area contributed by atoms with Crippen LogP contribution in [-0.2, 0) is 19.7 Å². The first-order chi connectivity index (χ1) is 7.47. The first kappa shape index (κ1) is 13.4. The summed E-state index contributed by atoms with van der Waals surface area (Å²) in [5.41, 5.74) is 0. The van der Waals surface area contributed by atoms with Gasteiger partial charge in [-0.15, -0.1) is 0 Å². The second-order valence-electron chi connectivity index (χ2n) is 3.52. The summed E-state index contributed by atoms with van der Waals surface area (Å²) in [6.07, 6.45) is 0. The molecule has 2 N–H and O–H groups in total. The number of hydrogen-bond acceptors (Lipinski definition) is 5. The molecule has 0 saturated carbocycles. The Bertz CT molecular complexity index is 337. The Balaban J connectivity index is 2.60. The Labute approximate surface area is 95.3 Å². The standard InChI is InChI=1S/C8H17N3O4S/c1-7(8(12)15-2)10-16(13,14)11-5-3-9-4-6-11/h7,9-10H,3-6H2,1-2H3. The highest BCUT2D eigenvalue weighted by molar-refractivity contribution is 7.87. The fourth-order valence-electron chi connectivity index (χ4n) is 1.41. The molecule has 7 nitrogen and oxygen atoms in total. The van der Waals surface area contributed by atoms with E-state index in [1.54, 1.807) is 0 Å². The maximum Gasteiger partial charge on any atom is 0.323 e. The number of nitrogens with one attached hydrogen (secondary N) is 2. The van der Waals surface area contributed by atoms with E-state index in [1.165, 1.54) is 18.3 Å². The van der Waals surface area contributed by atoms with Crippen molar-refractivity contribution in [1.29, 1.82) is 0 Å². The second-order valence-corrected chi connectivity index (χ2v) is 5.22. The predicted molar refractivity (Wildman–Crippen MR) is 58.0 cm³/mol. The second kappa shape index (κ2) is 5.58. The number of carbonyl (C=O) groups is 1. The minimum atomic E-state index is -3.60. The van der Waals surface area contributed by atoms with Crippen molar-refractivity contribution in [1.82, 2.24) is 14.3 Å². The summed E-state index contributed by atoms with van der Waals surface area (Å²) in [5.74, 6) is -0.598. The number of methoxy groups -OCH3 is 1. The van der Waals surface area contributed by atoms with Gasteiger partial charge in [-0.3, -0.25) is 4.79 Å². The van der Waals surface area contributed by atoms with Gasteiger partial charge in [0.1, 0.15) is 6.04 Å². The van der Waals surface area contributed by atoms with Gasteiger partial charge in [-0.1, -0.05) is 0 Å². The summed E-state index contributed by atoms with van der Waals surface area (Å²) in [6.45, 7) is 3.50. The summed E-state index contributed by atoms with van der Waals surface area (Å²) in [7, 11) is -2.37. The van der Waals surface area contributed by atoms with Crippen LogP contribution in [0.15, 0.2) is 0 Å². The van der Waals surface area contributed by atoms with Gasteiger partial charge in [0.05, 0.1) is 7.11 Å². The highest BCUT2D eigenvalue weighted by atomic mass is 32.2. The highest BCUT2D eigenvalue weighted by Crippen LogP contribution is 2.01. The van der Waals surface area contributed by atoms with Crippen molar-refractivity contribution >= 4 is 16.2 Å². The van der Waals surface area contributed by atoms with E-state index in [0.29, 0.717) is 26.2 Å². The molecule has 0 amide bonds. The molecule has 16 heavy (non-hydrogen) atoms. The van der Waals surface area contributed by atoms with Crippen molar-refractivity contribution in [2.45, 2.75) is 13.0 Å². The molecule has 0 radical (unpaired) electrons. The molecule has 94 valence electrons. The summed E-state index contributed by atoms with van der Waals surface area (Å²) >= 11 is 0. The van der Waals surface area contributed by atoms with Crippen LogP contribution in [0.2, 0.25) is 0 Å². The van der Waals surface area contributed by atoms with Gasteiger partial charge in [-0.2, -0.15) is 17.4 Å². The SMILES string of the molecule is COC(=O)C(C)NS(=O)(=O)N1CCNCC1. The molecular weight excluding hydrogens is 234 g/mol. The van der Waals surface area contributed by atoms with Crippen LogP contribution in [-0.4, -0.2) is 58.0 Å². The lowest BCUT2D eigenvalue weighted by Gasteiger charge is -2.27. The average Bonchev–Trinajstić information content (AvgIpc) is 2.28. The topological polar surface area (TPSA) is 87.7 Å². The Morgan fingerprint density at radius 2 is 2.00 bits per heavy atom. The zero-order valence-electron chi connectivity index (χ0n) is 9.39. The number of rotatable bonds is 4. The molecule has 1 unspecified atom stereocenters. The molecule has 0 aromatic heterocycles. The van der Waals surface area contributed by atoms with Crippen LogP contribution in [0.5, 0.6) is 0 Å². The first-order valence-electron chi connectivity index (χ1n) is 5.03. The molecule has 1 aliphatic rings. The summed E-state index contributed by atoms with van der Waals surface area (Å²) in [5, 5.41) is 3.05. The molecule has 1 rings (SSSR count). The largest absolute Gasteiger partial charge is 0.468 e. The van der Waals surface area contributed by atoms with Gasteiger partial charge in [-0.25, -0.2) is 0 Å². The highest BCUT2D eigenvalue weighted by Gasteiger charge is 2.27. The van der Waals surface area contributed by atoms with E-state index in [2.05, 4.69) is 14.8 Å². The molecule has 0 bridgehead atoms. The minimum absolute atomic E-state index is 0.406. The molecule has 0 spiro atoms. The maximum atomic E-state index is 11.8. The van der Waals surface area contributed by atoms with Gasteiger partial charge in [0.15, 0.2) is 0 Å². The van der Waals surface area contributed by atoms with Crippen molar-refractivity contribution < 1.29 is 17.9 Å². The van der Waals surface area contributed by atoms with Crippen LogP contribution in [0.1, 0.15) is 6.92 Å². The van der Waals surface area contributed by atoms with Crippen molar-refractivity contribution in [2.75, 3.05) is 33.3 Å². The van der Waals surface area contributed by atoms with Gasteiger partial charge in [0, 0.05) is 26.2 Å². The van der Waals surface area contributed by atoms with E-state index in [0.717, 1.165) is 0 Å². The summed E-state index contributed by atoms with van der Waals surface area (Å²) in [6, 6.07) is -0.870. The van der Waals surface area contributed by atoms with Crippen LogP contribution >= 0.6 is 0 Å². The first-order valence-corrected chi connectivity index (χ1v) is 6.47. The number of ether oxygens (including phenoxy) is 1. The van der Waals surface area contributed by atoms with Gasteiger partial charge in [0.2, 0.25) is 0 Å². The molecule has 0 aromatic rings. The third kappa shape index (κ3) is 3.41. The Morgan fingerprint density at radius 1 is 1.44 bits per heavy atom. The molecule has 1 atom stereocenters. The predicted octanol–water partition coefficient (Wildman–Crippen LogP) is -1.71. The number of esters is 1. The zero-order chi connectivity index (χ0) is 12.2. The molecule has 1 saturated heterocycles. The third-order valence-corrected chi connectivity index (χ3v) is 3.99. The monoisotopic (exact) mass is 251 g/mol. The summed E-state index contributed by atoms with van der Waals surface area (Å²) < 4.78 is 31.6. The molecule has 1 fully saturated rings. The Morgan fingerprint density at radius 3 is 2.50 bits per heavy atom. The lowest BCUT2D eigenvalue weighted by Crippen LogP contribution is -2.53. The van der Waals surface area contributed by atoms with E-state index in [4.69, 9.17) is 0 Å². The molecule has 0 aliphatic carbocycles.